The third-order valence-corrected chi connectivity index (χ3v) is 5.77. The molecule has 2 nitrogen and oxygen atoms in total. The van der Waals surface area contributed by atoms with Gasteiger partial charge in [0.2, 0.25) is 0 Å². The van der Waals surface area contributed by atoms with Crippen LogP contribution in [0.5, 0.6) is 17.2 Å². The highest BCUT2D eigenvalue weighted by Crippen LogP contribution is 2.34. The number of aryl methyl sites for hydroxylation is 1. The Balaban J connectivity index is 1.59. The molecule has 0 spiro atoms. The van der Waals surface area contributed by atoms with Crippen LogP contribution >= 0.6 is 0 Å². The number of hydrogen-bond acceptors (Lipinski definition) is 2. The molecule has 0 saturated heterocycles. The van der Waals surface area contributed by atoms with E-state index in [1.54, 1.807) is 0 Å². The number of ether oxygens (including phenoxy) is 2. The molecule has 3 aromatic carbocycles. The molecule has 0 heterocycles. The van der Waals surface area contributed by atoms with E-state index in [9.17, 15) is 0 Å². The van der Waals surface area contributed by atoms with Gasteiger partial charge in [-0.15, -0.1) is 0 Å². The lowest BCUT2D eigenvalue weighted by Crippen LogP contribution is -2.21. The minimum Gasteiger partial charge on any atom is -0.491 e. The summed E-state index contributed by atoms with van der Waals surface area (Å²) in [5.74, 6) is 2.72. The molecule has 1 atom stereocenters. The normalized spacial score (nSPS) is 13.1. The van der Waals surface area contributed by atoms with Gasteiger partial charge in [0.25, 0.3) is 0 Å². The first kappa shape index (κ1) is 22.0. The van der Waals surface area contributed by atoms with Crippen LogP contribution in [-0.4, -0.2) is 6.10 Å². The van der Waals surface area contributed by atoms with Gasteiger partial charge in [-0.3, -0.25) is 0 Å². The zero-order chi connectivity index (χ0) is 21.4. The van der Waals surface area contributed by atoms with E-state index in [1.165, 1.54) is 11.1 Å². The lowest BCUT2D eigenvalue weighted by molar-refractivity contribution is 0.242. The summed E-state index contributed by atoms with van der Waals surface area (Å²) in [6, 6.07) is 27.1. The van der Waals surface area contributed by atoms with E-state index >= 15 is 0 Å². The van der Waals surface area contributed by atoms with Crippen LogP contribution in [0.4, 0.5) is 0 Å². The summed E-state index contributed by atoms with van der Waals surface area (Å²) in [7, 11) is 0. The van der Waals surface area contributed by atoms with Crippen molar-refractivity contribution < 1.29 is 9.47 Å². The molecule has 0 saturated carbocycles. The molecule has 158 valence electrons. The first-order valence-electron chi connectivity index (χ1n) is 11.1. The maximum Gasteiger partial charge on any atom is 0.127 e. The largest absolute Gasteiger partial charge is 0.491 e. The Bertz CT molecular complexity index is 899. The Kier molecular flexibility index (Phi) is 7.57. The van der Waals surface area contributed by atoms with Crippen molar-refractivity contribution in [3.63, 3.8) is 0 Å². The van der Waals surface area contributed by atoms with E-state index in [2.05, 4.69) is 70.2 Å². The number of hydrogen-bond donors (Lipinski definition) is 0. The highest BCUT2D eigenvalue weighted by atomic mass is 16.5. The number of rotatable bonds is 10. The summed E-state index contributed by atoms with van der Waals surface area (Å²) in [6.45, 7) is 8.78. The summed E-state index contributed by atoms with van der Waals surface area (Å²) in [6.07, 6.45) is 4.67. The third-order valence-electron chi connectivity index (χ3n) is 5.77. The van der Waals surface area contributed by atoms with Gasteiger partial charge < -0.3 is 9.47 Å². The number of para-hydroxylation sites is 1. The summed E-state index contributed by atoms with van der Waals surface area (Å²) < 4.78 is 11.8. The van der Waals surface area contributed by atoms with Crippen molar-refractivity contribution in [2.45, 2.75) is 64.9 Å². The van der Waals surface area contributed by atoms with Crippen LogP contribution < -0.4 is 9.47 Å². The second-order valence-corrected chi connectivity index (χ2v) is 8.52. The topological polar surface area (TPSA) is 18.5 Å². The van der Waals surface area contributed by atoms with Gasteiger partial charge in [-0.1, -0.05) is 56.3 Å². The molecule has 0 aromatic heterocycles. The highest BCUT2D eigenvalue weighted by Gasteiger charge is 2.24. The molecule has 0 aliphatic heterocycles. The van der Waals surface area contributed by atoms with Crippen molar-refractivity contribution in [3.05, 3.63) is 90.0 Å². The summed E-state index contributed by atoms with van der Waals surface area (Å²) >= 11 is 0. The van der Waals surface area contributed by atoms with Crippen molar-refractivity contribution in [2.75, 3.05) is 0 Å². The van der Waals surface area contributed by atoms with Crippen LogP contribution in [-0.2, 0) is 11.8 Å². The Morgan fingerprint density at radius 1 is 0.800 bits per heavy atom. The molecule has 3 rings (SSSR count). The van der Waals surface area contributed by atoms with Gasteiger partial charge in [-0.25, -0.2) is 0 Å². The van der Waals surface area contributed by atoms with E-state index in [-0.39, 0.29) is 11.5 Å². The van der Waals surface area contributed by atoms with Gasteiger partial charge in [0.15, 0.2) is 0 Å². The molecule has 0 bridgehead atoms. The molecular formula is C28H34O2. The quantitative estimate of drug-likeness (QED) is 0.342. The van der Waals surface area contributed by atoms with Gasteiger partial charge in [0, 0.05) is 0 Å². The Hall–Kier alpha value is -2.74. The van der Waals surface area contributed by atoms with Gasteiger partial charge in [0.1, 0.15) is 17.2 Å². The molecule has 1 unspecified atom stereocenters. The Morgan fingerprint density at radius 2 is 1.50 bits per heavy atom. The number of benzene rings is 3. The average molecular weight is 403 g/mol. The Morgan fingerprint density at radius 3 is 2.17 bits per heavy atom. The first-order chi connectivity index (χ1) is 14.5. The van der Waals surface area contributed by atoms with Gasteiger partial charge in [-0.2, -0.15) is 0 Å². The van der Waals surface area contributed by atoms with Crippen LogP contribution in [0.2, 0.25) is 0 Å². The van der Waals surface area contributed by atoms with E-state index in [0.717, 1.165) is 42.9 Å². The second-order valence-electron chi connectivity index (χ2n) is 8.52. The predicted octanol–water partition coefficient (Wildman–Crippen LogP) is 7.96. The fraction of sp³-hybridized carbons (Fsp3) is 0.357. The second kappa shape index (κ2) is 10.3. The van der Waals surface area contributed by atoms with E-state index in [0.29, 0.717) is 0 Å². The molecule has 0 aliphatic rings. The zero-order valence-electron chi connectivity index (χ0n) is 18.7. The minimum absolute atomic E-state index is 0.175. The monoisotopic (exact) mass is 402 g/mol. The molecule has 0 fully saturated rings. The van der Waals surface area contributed by atoms with Gasteiger partial charge >= 0.3 is 0 Å². The molecule has 0 aliphatic carbocycles. The standard InChI is InChI=1S/C28H34O2/c1-5-28(4,24-16-18-26(19-17-24)29-22(2)3)20-10-12-23-11-9-15-27(21-23)30-25-13-7-6-8-14-25/h6-9,11,13-19,21-22H,5,10,12,20H2,1-4H3. The summed E-state index contributed by atoms with van der Waals surface area (Å²) in [5.41, 5.74) is 2.89. The van der Waals surface area contributed by atoms with Crippen LogP contribution in [0.15, 0.2) is 78.9 Å². The molecule has 0 radical (unpaired) electrons. The molecule has 0 amide bonds. The lowest BCUT2D eigenvalue weighted by Gasteiger charge is -2.29. The van der Waals surface area contributed by atoms with Crippen molar-refractivity contribution in [3.8, 4) is 17.2 Å². The van der Waals surface area contributed by atoms with Crippen molar-refractivity contribution in [1.82, 2.24) is 0 Å². The van der Waals surface area contributed by atoms with E-state index in [1.807, 2.05) is 36.4 Å². The van der Waals surface area contributed by atoms with Crippen LogP contribution in [0, 0.1) is 0 Å². The first-order valence-corrected chi connectivity index (χ1v) is 11.1. The van der Waals surface area contributed by atoms with E-state index < -0.39 is 0 Å². The molecule has 0 N–H and O–H groups in total. The van der Waals surface area contributed by atoms with Crippen molar-refractivity contribution in [2.24, 2.45) is 0 Å². The minimum atomic E-state index is 0.175. The van der Waals surface area contributed by atoms with Crippen LogP contribution in [0.1, 0.15) is 58.1 Å². The SMILES string of the molecule is CCC(C)(CCCc1cccc(Oc2ccccc2)c1)c1ccc(OC(C)C)cc1. The molecule has 3 aromatic rings. The van der Waals surface area contributed by atoms with Crippen molar-refractivity contribution in [1.29, 1.82) is 0 Å². The molecular weight excluding hydrogens is 368 g/mol. The molecule has 2 heteroatoms. The predicted molar refractivity (Wildman–Crippen MR) is 126 cm³/mol. The van der Waals surface area contributed by atoms with E-state index in [4.69, 9.17) is 9.47 Å². The summed E-state index contributed by atoms with van der Waals surface area (Å²) in [5, 5.41) is 0. The lowest BCUT2D eigenvalue weighted by atomic mass is 9.76. The van der Waals surface area contributed by atoms with Crippen molar-refractivity contribution >= 4 is 0 Å². The fourth-order valence-electron chi connectivity index (χ4n) is 3.81. The third kappa shape index (κ3) is 6.13. The van der Waals surface area contributed by atoms with Crippen LogP contribution in [0.3, 0.4) is 0 Å². The summed E-state index contributed by atoms with van der Waals surface area (Å²) in [4.78, 5) is 0. The van der Waals surface area contributed by atoms with Crippen LogP contribution in [0.25, 0.3) is 0 Å². The van der Waals surface area contributed by atoms with Gasteiger partial charge in [0.05, 0.1) is 6.10 Å². The molecule has 30 heavy (non-hydrogen) atoms. The van der Waals surface area contributed by atoms with Gasteiger partial charge in [-0.05, 0) is 92.5 Å². The zero-order valence-corrected chi connectivity index (χ0v) is 18.7. The smallest absolute Gasteiger partial charge is 0.127 e. The Labute approximate surface area is 181 Å². The average Bonchev–Trinajstić information content (AvgIpc) is 2.75. The fourth-order valence-corrected chi connectivity index (χ4v) is 3.81. The maximum absolute atomic E-state index is 5.98. The maximum atomic E-state index is 5.98. The highest BCUT2D eigenvalue weighted by molar-refractivity contribution is 5.34.